The molecule has 6 aliphatic heterocycles. The maximum atomic E-state index is 12.5. The molecule has 0 saturated carbocycles. The first-order valence-electron chi connectivity index (χ1n) is 33.8. The van der Waals surface area contributed by atoms with Crippen molar-refractivity contribution in [2.45, 2.75) is 142 Å². The van der Waals surface area contributed by atoms with E-state index in [4.69, 9.17) is 19.0 Å². The molecule has 27 heteroatoms. The van der Waals surface area contributed by atoms with Crippen molar-refractivity contribution in [3.05, 3.63) is 184 Å². The van der Waals surface area contributed by atoms with E-state index < -0.39 is 51.0 Å². The number of amides is 5. The number of hydrogen-bond donors (Lipinski definition) is 2. The summed E-state index contributed by atoms with van der Waals surface area (Å²) in [5.74, 6) is 19.5. The van der Waals surface area contributed by atoms with Gasteiger partial charge in [-0.15, -0.1) is 0 Å². The number of alkyl halides is 6. The second-order valence-electron chi connectivity index (χ2n) is 26.9. The Morgan fingerprint density at radius 3 is 1.33 bits per heavy atom. The zero-order chi connectivity index (χ0) is 77.4. The number of hydrogen-bond acceptors (Lipinski definition) is 15. The van der Waals surface area contributed by atoms with E-state index in [2.05, 4.69) is 61.4 Å². The van der Waals surface area contributed by atoms with Crippen LogP contribution in [0.5, 0.6) is 0 Å². The third-order valence-corrected chi connectivity index (χ3v) is 15.6. The SMILES string of the molecule is C(#Cc1ccccc1)C1=CCNCC1.CC(C)(C)OC(=O)N1CC=C(C#Cc2ccccc2)CC1.CC(C)(C)OC(=O)N1CC=C(OS(=O)(=O)C(F)(F)F)CC1.CC(C)(C)OC(=O)N1CCC(=O)CC1.O=C1CCc2cc(/C=C/C(=O)N3CC=C(C#Cc4ccccc4)CC3)cnc2N1.O=CC(F)(F)F. The summed E-state index contributed by atoms with van der Waals surface area (Å²) in [4.78, 5) is 89.3. The van der Waals surface area contributed by atoms with Crippen molar-refractivity contribution in [1.29, 1.82) is 0 Å². The van der Waals surface area contributed by atoms with Crippen LogP contribution in [0.4, 0.5) is 46.5 Å². The summed E-state index contributed by atoms with van der Waals surface area (Å²) in [6, 6.07) is 31.9. The van der Waals surface area contributed by atoms with Crippen LogP contribution in [0.1, 0.15) is 135 Å². The van der Waals surface area contributed by atoms with Gasteiger partial charge in [0, 0.05) is 137 Å². The normalized spacial score (nSPS) is 15.9. The Bertz CT molecular complexity index is 4110. The number of anilines is 1. The number of likely N-dealkylation sites (tertiary alicyclic amines) is 1. The van der Waals surface area contributed by atoms with Crippen molar-refractivity contribution in [2.24, 2.45) is 0 Å². The number of Topliss-reactive ketones (excluding diaryl/α,β-unsaturated/α-hetero) is 1. The highest BCUT2D eigenvalue weighted by molar-refractivity contribution is 7.87. The molecule has 0 radical (unpaired) electrons. The van der Waals surface area contributed by atoms with Gasteiger partial charge >= 0.3 is 40.1 Å². The molecule has 5 amide bonds. The summed E-state index contributed by atoms with van der Waals surface area (Å²) in [7, 11) is -5.67. The highest BCUT2D eigenvalue weighted by Gasteiger charge is 2.49. The van der Waals surface area contributed by atoms with E-state index >= 15 is 0 Å². The molecule has 2 N–H and O–H groups in total. The summed E-state index contributed by atoms with van der Waals surface area (Å²) in [6.07, 6.45) is 9.94. The van der Waals surface area contributed by atoms with E-state index in [1.807, 2.05) is 151 Å². The minimum absolute atomic E-state index is 0.00514. The van der Waals surface area contributed by atoms with Crippen molar-refractivity contribution in [3.63, 3.8) is 0 Å². The van der Waals surface area contributed by atoms with Crippen LogP contribution in [0, 0.1) is 35.5 Å². The van der Waals surface area contributed by atoms with Gasteiger partial charge in [-0.05, 0) is 154 Å². The number of carbonyl (C=O) groups excluding carboxylic acids is 7. The standard InChI is InChI=1S/C24H21N3O2.C18H21NO2.C13H13N.C11H16F3NO5S.C10H17NO3.C2HF3O/c28-22-10-9-21-16-20(17-25-24(21)26-22)8-11-23(29)27-14-12-19(13-15-27)7-6-18-4-2-1-3-5-18;1-18(2,3)21-17(20)19-13-11-16(12-14-19)10-9-15-7-5-4-6-8-15;1-2-4-12(5-3-1)6-7-13-8-10-14-11-9-13;1-10(2,3)19-9(16)15-6-4-8(5-7-15)20-21(17,18)11(12,13)14;1-10(2,3)14-9(13)11-6-4-8(12)5-7-11;3-2(4,5)1-6/h1-5,8,11-12,16-17H,9-10,13-15H2,(H,25,26,28);4-8,11H,12-14H2,1-3H3;1-5,8,14H,9-11H2;4H,5-7H2,1-3H3;4-7H2,1-3H3;1H/b11-8+;;;;;. The van der Waals surface area contributed by atoms with Crippen LogP contribution in [0.2, 0.25) is 0 Å². The van der Waals surface area contributed by atoms with E-state index in [9.17, 15) is 63.5 Å². The average Bonchev–Trinajstić information content (AvgIpc) is 0.844. The molecule has 0 unspecified atom stereocenters. The highest BCUT2D eigenvalue weighted by atomic mass is 32.2. The quantitative estimate of drug-likeness (QED) is 0.0367. The Hall–Kier alpha value is -10.4. The number of aryl methyl sites for hydroxylation is 1. The zero-order valence-electron chi connectivity index (χ0n) is 60.3. The maximum absolute atomic E-state index is 12.5. The third-order valence-electron chi connectivity index (χ3n) is 14.6. The van der Waals surface area contributed by atoms with Gasteiger partial charge in [0.25, 0.3) is 0 Å². The fourth-order valence-corrected chi connectivity index (χ4v) is 9.85. The number of benzene rings is 3. The minimum Gasteiger partial charge on any atom is -0.444 e. The molecular formula is C78H89F6N7O13S. The molecule has 0 bridgehead atoms. The van der Waals surface area contributed by atoms with Crippen LogP contribution >= 0.6 is 0 Å². The van der Waals surface area contributed by atoms with Crippen LogP contribution in [0.15, 0.2) is 156 Å². The molecule has 6 aliphatic rings. The molecule has 0 spiro atoms. The molecule has 10 rings (SSSR count). The Balaban J connectivity index is 0.000000237. The number of fused-ring (bicyclic) bond motifs is 1. The van der Waals surface area contributed by atoms with Crippen molar-refractivity contribution in [3.8, 4) is 35.5 Å². The molecular weight excluding hydrogens is 1390 g/mol. The predicted octanol–water partition coefficient (Wildman–Crippen LogP) is 13.5. The van der Waals surface area contributed by atoms with E-state index in [-0.39, 0.29) is 55.1 Å². The van der Waals surface area contributed by atoms with E-state index in [1.165, 1.54) is 10.5 Å². The Morgan fingerprint density at radius 1 is 0.524 bits per heavy atom. The molecule has 1 aromatic heterocycles. The summed E-state index contributed by atoms with van der Waals surface area (Å²) in [6.45, 7) is 21.5. The van der Waals surface area contributed by atoms with Gasteiger partial charge in [-0.1, -0.05) is 108 Å². The van der Waals surface area contributed by atoms with Crippen LogP contribution < -0.4 is 10.6 Å². The molecule has 562 valence electrons. The van der Waals surface area contributed by atoms with Gasteiger partial charge in [-0.25, -0.2) is 19.4 Å². The van der Waals surface area contributed by atoms with Crippen LogP contribution in [0.25, 0.3) is 6.08 Å². The second-order valence-corrected chi connectivity index (χ2v) is 28.4. The Labute approximate surface area is 610 Å². The fourth-order valence-electron chi connectivity index (χ4n) is 9.33. The van der Waals surface area contributed by atoms with Crippen LogP contribution in [0.3, 0.4) is 0 Å². The van der Waals surface area contributed by atoms with Crippen LogP contribution in [-0.4, -0.2) is 169 Å². The monoisotopic (exact) mass is 1480 g/mol. The lowest BCUT2D eigenvalue weighted by Gasteiger charge is -2.29. The fraction of sp³-hybridized carbons (Fsp3) is 0.410. The topological polar surface area (TPSA) is 240 Å². The minimum atomic E-state index is -5.67. The lowest BCUT2D eigenvalue weighted by molar-refractivity contribution is -0.156. The molecule has 3 aromatic carbocycles. The number of ketones is 1. The Morgan fingerprint density at radius 2 is 0.943 bits per heavy atom. The summed E-state index contributed by atoms with van der Waals surface area (Å²) in [5, 5.41) is 6.03. The van der Waals surface area contributed by atoms with Gasteiger partial charge < -0.3 is 48.6 Å². The van der Waals surface area contributed by atoms with Gasteiger partial charge in [0.05, 0.1) is 0 Å². The summed E-state index contributed by atoms with van der Waals surface area (Å²) < 4.78 is 109. The molecule has 7 heterocycles. The van der Waals surface area contributed by atoms with Crippen molar-refractivity contribution < 1.29 is 86.7 Å². The van der Waals surface area contributed by atoms with Crippen LogP contribution in [-0.2, 0) is 54.1 Å². The average molecular weight is 1480 g/mol. The van der Waals surface area contributed by atoms with Gasteiger partial charge in [-0.2, -0.15) is 34.8 Å². The largest absolute Gasteiger partial charge is 0.534 e. The van der Waals surface area contributed by atoms with Gasteiger partial charge in [0.15, 0.2) is 0 Å². The lowest BCUT2D eigenvalue weighted by Crippen LogP contribution is -2.41. The molecule has 20 nitrogen and oxygen atoms in total. The first kappa shape index (κ1) is 85.2. The van der Waals surface area contributed by atoms with Gasteiger partial charge in [0.2, 0.25) is 18.1 Å². The van der Waals surface area contributed by atoms with E-state index in [1.54, 1.807) is 53.8 Å². The third kappa shape index (κ3) is 34.2. The van der Waals surface area contributed by atoms with E-state index in [0.29, 0.717) is 70.8 Å². The number of nitrogens with one attached hydrogen (secondary N) is 2. The molecule has 1 saturated heterocycles. The number of nitrogens with zero attached hydrogens (tertiary/aromatic N) is 5. The molecule has 105 heavy (non-hydrogen) atoms. The molecule has 1 fully saturated rings. The first-order chi connectivity index (χ1) is 49.3. The lowest BCUT2D eigenvalue weighted by atomic mass is 10.0. The zero-order valence-corrected chi connectivity index (χ0v) is 61.1. The number of halogens is 6. The number of aldehydes is 1. The number of aromatic nitrogens is 1. The molecule has 0 aliphatic carbocycles. The summed E-state index contributed by atoms with van der Waals surface area (Å²) >= 11 is 0. The van der Waals surface area contributed by atoms with Crippen molar-refractivity contribution >= 4 is 64.2 Å². The number of ether oxygens (including phenoxy) is 3. The smallest absolute Gasteiger partial charge is 0.444 e. The highest BCUT2D eigenvalue weighted by Crippen LogP contribution is 2.29. The number of rotatable bonds is 4. The first-order valence-corrected chi connectivity index (χ1v) is 35.2. The second kappa shape index (κ2) is 40.6. The van der Waals surface area contributed by atoms with Crippen molar-refractivity contribution in [2.75, 3.05) is 70.8 Å². The van der Waals surface area contributed by atoms with Gasteiger partial charge in [-0.3, -0.25) is 19.2 Å². The summed E-state index contributed by atoms with van der Waals surface area (Å²) in [5.41, 5.74) is 1.28. The number of pyridine rings is 1. The van der Waals surface area contributed by atoms with E-state index in [0.717, 1.165) is 77.4 Å². The maximum Gasteiger partial charge on any atom is 0.534 e. The predicted molar refractivity (Wildman–Crippen MR) is 386 cm³/mol. The Kier molecular flexibility index (Phi) is 32.9. The number of carbonyl (C=O) groups is 7. The molecule has 4 aromatic rings. The molecule has 0 atom stereocenters. The number of piperidine rings is 1. The van der Waals surface area contributed by atoms with Crippen molar-refractivity contribution in [1.82, 2.24) is 29.9 Å². The van der Waals surface area contributed by atoms with Gasteiger partial charge in [0.1, 0.15) is 34.2 Å².